The number of hydrogen-bond acceptors (Lipinski definition) is 0. The predicted molar refractivity (Wildman–Crippen MR) is 76.1 cm³/mol. The van der Waals surface area contributed by atoms with Gasteiger partial charge in [-0.3, -0.25) is 0 Å². The van der Waals surface area contributed by atoms with Crippen molar-refractivity contribution in [3.63, 3.8) is 0 Å². The molecule has 1 heteroatoms. The summed E-state index contributed by atoms with van der Waals surface area (Å²) in [4.78, 5) is 0. The predicted octanol–water partition coefficient (Wildman–Crippen LogP) is 5.53. The van der Waals surface area contributed by atoms with Crippen LogP contribution in [0.1, 0.15) is 49.8 Å². The molecule has 0 saturated heterocycles. The van der Waals surface area contributed by atoms with Gasteiger partial charge in [-0.2, -0.15) is 0 Å². The fourth-order valence-corrected chi connectivity index (χ4v) is 2.11. The lowest BCUT2D eigenvalue weighted by molar-refractivity contribution is 0.926. The SMILES string of the molecule is CC/C(C)=C\C(C)c1cc(C)c(Br)c(C)c1. The highest BCUT2D eigenvalue weighted by molar-refractivity contribution is 9.10. The Labute approximate surface area is 108 Å². The molecule has 0 heterocycles. The lowest BCUT2D eigenvalue weighted by Crippen LogP contribution is -1.94. The van der Waals surface area contributed by atoms with Crippen molar-refractivity contribution in [1.82, 2.24) is 0 Å². The third kappa shape index (κ3) is 3.21. The zero-order valence-electron chi connectivity index (χ0n) is 10.9. The molecule has 0 radical (unpaired) electrons. The van der Waals surface area contributed by atoms with Crippen LogP contribution < -0.4 is 0 Å². The molecule has 0 spiro atoms. The maximum Gasteiger partial charge on any atom is 0.0233 e. The fraction of sp³-hybridized carbons (Fsp3) is 0.467. The van der Waals surface area contributed by atoms with E-state index in [0.717, 1.165) is 6.42 Å². The van der Waals surface area contributed by atoms with Crippen molar-refractivity contribution in [3.8, 4) is 0 Å². The summed E-state index contributed by atoms with van der Waals surface area (Å²) in [7, 11) is 0. The Kier molecular flexibility index (Phi) is 4.79. The summed E-state index contributed by atoms with van der Waals surface area (Å²) in [5.41, 5.74) is 5.52. The molecule has 0 fully saturated rings. The maximum absolute atomic E-state index is 3.61. The molecule has 1 aromatic carbocycles. The standard InChI is InChI=1S/C15H21Br/c1-6-10(2)7-11(3)14-8-12(4)15(16)13(5)9-14/h7-9,11H,6H2,1-5H3/b10-7-. The Morgan fingerprint density at radius 3 is 2.25 bits per heavy atom. The summed E-state index contributed by atoms with van der Waals surface area (Å²) in [5, 5.41) is 0. The highest BCUT2D eigenvalue weighted by Crippen LogP contribution is 2.27. The van der Waals surface area contributed by atoms with Crippen LogP contribution in [0.15, 0.2) is 28.3 Å². The molecule has 0 aromatic heterocycles. The molecule has 0 nitrogen and oxygen atoms in total. The Morgan fingerprint density at radius 2 is 1.81 bits per heavy atom. The first-order chi connectivity index (χ1) is 7.45. The van der Waals surface area contributed by atoms with Crippen LogP contribution in [0.5, 0.6) is 0 Å². The van der Waals surface area contributed by atoms with E-state index in [4.69, 9.17) is 0 Å². The van der Waals surface area contributed by atoms with Gasteiger partial charge < -0.3 is 0 Å². The number of allylic oxidation sites excluding steroid dienone is 2. The minimum absolute atomic E-state index is 0.505. The zero-order valence-corrected chi connectivity index (χ0v) is 12.5. The summed E-state index contributed by atoms with van der Waals surface area (Å²) >= 11 is 3.61. The minimum Gasteiger partial charge on any atom is -0.0784 e. The van der Waals surface area contributed by atoms with Crippen LogP contribution in [0.2, 0.25) is 0 Å². The smallest absolute Gasteiger partial charge is 0.0233 e. The van der Waals surface area contributed by atoms with Crippen molar-refractivity contribution in [2.45, 2.75) is 47.0 Å². The number of halogens is 1. The van der Waals surface area contributed by atoms with Crippen molar-refractivity contribution >= 4 is 15.9 Å². The molecule has 1 aromatic rings. The van der Waals surface area contributed by atoms with Crippen LogP contribution in [-0.4, -0.2) is 0 Å². The van der Waals surface area contributed by atoms with Gasteiger partial charge in [-0.15, -0.1) is 0 Å². The molecule has 0 aliphatic rings. The topological polar surface area (TPSA) is 0 Å². The van der Waals surface area contributed by atoms with E-state index in [-0.39, 0.29) is 0 Å². The van der Waals surface area contributed by atoms with Crippen LogP contribution in [0.25, 0.3) is 0 Å². The second kappa shape index (κ2) is 5.67. The molecule has 0 aliphatic carbocycles. The zero-order chi connectivity index (χ0) is 12.3. The monoisotopic (exact) mass is 280 g/mol. The first-order valence-corrected chi connectivity index (χ1v) is 6.69. The van der Waals surface area contributed by atoms with E-state index in [9.17, 15) is 0 Å². The molecular weight excluding hydrogens is 260 g/mol. The Balaban J connectivity index is 3.06. The van der Waals surface area contributed by atoms with Gasteiger partial charge in [0.2, 0.25) is 0 Å². The number of benzene rings is 1. The van der Waals surface area contributed by atoms with Crippen LogP contribution in [-0.2, 0) is 0 Å². The molecule has 1 unspecified atom stereocenters. The Hall–Kier alpha value is -0.560. The van der Waals surface area contributed by atoms with Crippen molar-refractivity contribution < 1.29 is 0 Å². The van der Waals surface area contributed by atoms with Crippen molar-refractivity contribution in [2.75, 3.05) is 0 Å². The van der Waals surface area contributed by atoms with Crippen LogP contribution in [0.3, 0.4) is 0 Å². The minimum atomic E-state index is 0.505. The first kappa shape index (κ1) is 13.5. The van der Waals surface area contributed by atoms with E-state index in [1.54, 1.807) is 0 Å². The highest BCUT2D eigenvalue weighted by atomic mass is 79.9. The van der Waals surface area contributed by atoms with Gasteiger partial charge in [0.15, 0.2) is 0 Å². The molecule has 0 bridgehead atoms. The number of aryl methyl sites for hydroxylation is 2. The highest BCUT2D eigenvalue weighted by Gasteiger charge is 2.07. The van der Waals surface area contributed by atoms with E-state index in [0.29, 0.717) is 5.92 Å². The van der Waals surface area contributed by atoms with Gasteiger partial charge in [-0.1, -0.05) is 53.6 Å². The second-order valence-electron chi connectivity index (χ2n) is 4.62. The molecule has 0 saturated carbocycles. The van der Waals surface area contributed by atoms with Crippen LogP contribution in [0.4, 0.5) is 0 Å². The summed E-state index contributed by atoms with van der Waals surface area (Å²) in [5.74, 6) is 0.505. The van der Waals surface area contributed by atoms with Gasteiger partial charge in [0.25, 0.3) is 0 Å². The molecule has 1 atom stereocenters. The molecule has 1 rings (SSSR count). The van der Waals surface area contributed by atoms with E-state index in [1.807, 2.05) is 0 Å². The maximum atomic E-state index is 3.61. The lowest BCUT2D eigenvalue weighted by atomic mass is 9.95. The van der Waals surface area contributed by atoms with Crippen LogP contribution in [0, 0.1) is 13.8 Å². The third-order valence-corrected chi connectivity index (χ3v) is 4.33. The van der Waals surface area contributed by atoms with E-state index in [1.165, 1.54) is 26.7 Å². The fourth-order valence-electron chi connectivity index (χ4n) is 1.88. The average Bonchev–Trinajstić information content (AvgIpc) is 2.24. The molecule has 16 heavy (non-hydrogen) atoms. The molecule has 88 valence electrons. The molecule has 0 amide bonds. The molecule has 0 aliphatic heterocycles. The average molecular weight is 281 g/mol. The van der Waals surface area contributed by atoms with Gasteiger partial charge in [0.1, 0.15) is 0 Å². The Morgan fingerprint density at radius 1 is 1.31 bits per heavy atom. The molecular formula is C15H21Br. The van der Waals surface area contributed by atoms with Gasteiger partial charge >= 0.3 is 0 Å². The van der Waals surface area contributed by atoms with E-state index in [2.05, 4.69) is 68.8 Å². The number of hydrogen-bond donors (Lipinski definition) is 0. The first-order valence-electron chi connectivity index (χ1n) is 5.89. The Bertz CT molecular complexity index is 379. The van der Waals surface area contributed by atoms with Crippen molar-refractivity contribution in [1.29, 1.82) is 0 Å². The van der Waals surface area contributed by atoms with Gasteiger partial charge in [-0.05, 0) is 49.8 Å². The second-order valence-corrected chi connectivity index (χ2v) is 5.42. The lowest BCUT2D eigenvalue weighted by Gasteiger charge is -2.12. The van der Waals surface area contributed by atoms with Gasteiger partial charge in [0, 0.05) is 4.47 Å². The number of rotatable bonds is 3. The summed E-state index contributed by atoms with van der Waals surface area (Å²) in [6, 6.07) is 4.56. The summed E-state index contributed by atoms with van der Waals surface area (Å²) in [6.07, 6.45) is 3.50. The van der Waals surface area contributed by atoms with E-state index < -0.39 is 0 Å². The quantitative estimate of drug-likeness (QED) is 0.639. The van der Waals surface area contributed by atoms with Crippen molar-refractivity contribution in [3.05, 3.63) is 44.9 Å². The summed E-state index contributed by atoms with van der Waals surface area (Å²) in [6.45, 7) is 11.0. The van der Waals surface area contributed by atoms with Gasteiger partial charge in [0.05, 0.1) is 0 Å². The van der Waals surface area contributed by atoms with Crippen LogP contribution >= 0.6 is 15.9 Å². The molecule has 0 N–H and O–H groups in total. The van der Waals surface area contributed by atoms with Crippen molar-refractivity contribution in [2.24, 2.45) is 0 Å². The summed E-state index contributed by atoms with van der Waals surface area (Å²) < 4.78 is 1.24. The van der Waals surface area contributed by atoms with E-state index >= 15 is 0 Å². The van der Waals surface area contributed by atoms with Gasteiger partial charge in [-0.25, -0.2) is 0 Å². The normalized spacial score (nSPS) is 14.0. The third-order valence-electron chi connectivity index (χ3n) is 3.08. The largest absolute Gasteiger partial charge is 0.0784 e.